The van der Waals surface area contributed by atoms with Gasteiger partial charge in [-0.15, -0.1) is 0 Å². The Morgan fingerprint density at radius 2 is 1.00 bits per heavy atom. The number of hydrogen-bond acceptors (Lipinski definition) is 10. The van der Waals surface area contributed by atoms with Crippen LogP contribution in [0.4, 0.5) is 0 Å². The van der Waals surface area contributed by atoms with Gasteiger partial charge in [0.15, 0.2) is 0 Å². The summed E-state index contributed by atoms with van der Waals surface area (Å²) in [5.41, 5.74) is 1.29. The standard InChI is InChI=1S/C35H36O10.CH3/c1-4-32(36)42-22-8-6-20-40-28-14-10-26(11-15-28)34(38)44-30-18-19-31(25(3)24-30)45-35(39)27-12-16-29(17-13-27)41-21-7-9-23-43-33(37)5-2;/h4-5,10-19,24H,1-2,6-9,20-23H2,3H3;1H3/q;-1. The Hall–Kier alpha value is -5.38. The topological polar surface area (TPSA) is 124 Å². The monoisotopic (exact) mass is 631 g/mol. The van der Waals surface area contributed by atoms with Gasteiger partial charge in [0.25, 0.3) is 0 Å². The molecule has 0 saturated carbocycles. The lowest BCUT2D eigenvalue weighted by Crippen LogP contribution is -2.11. The highest BCUT2D eigenvalue weighted by Crippen LogP contribution is 2.26. The molecule has 46 heavy (non-hydrogen) atoms. The van der Waals surface area contributed by atoms with Crippen LogP contribution in [0.3, 0.4) is 0 Å². The van der Waals surface area contributed by atoms with Crippen molar-refractivity contribution in [1.82, 2.24) is 0 Å². The molecule has 0 unspecified atom stereocenters. The van der Waals surface area contributed by atoms with Crippen LogP contribution in [0.2, 0.25) is 0 Å². The maximum atomic E-state index is 12.7. The number of carbonyl (C=O) groups is 4. The number of aryl methyl sites for hydroxylation is 1. The van der Waals surface area contributed by atoms with E-state index < -0.39 is 23.9 Å². The molecule has 0 aromatic heterocycles. The maximum absolute atomic E-state index is 12.7. The molecule has 3 aromatic rings. The highest BCUT2D eigenvalue weighted by molar-refractivity contribution is 5.92. The van der Waals surface area contributed by atoms with Crippen LogP contribution in [-0.2, 0) is 19.1 Å². The smallest absolute Gasteiger partial charge is 0.343 e. The summed E-state index contributed by atoms with van der Waals surface area (Å²) in [6, 6.07) is 17.8. The van der Waals surface area contributed by atoms with Crippen LogP contribution < -0.4 is 18.9 Å². The Labute approximate surface area is 269 Å². The number of esters is 4. The minimum Gasteiger partial charge on any atom is -0.494 e. The van der Waals surface area contributed by atoms with Crippen LogP contribution >= 0.6 is 0 Å². The second-order valence-electron chi connectivity index (χ2n) is 9.61. The molecular weight excluding hydrogens is 592 g/mol. The molecule has 0 radical (unpaired) electrons. The summed E-state index contributed by atoms with van der Waals surface area (Å²) >= 11 is 0. The van der Waals surface area contributed by atoms with Crippen LogP contribution in [0.15, 0.2) is 92.0 Å². The Kier molecular flexibility index (Phi) is 15.9. The molecule has 0 N–H and O–H groups in total. The van der Waals surface area contributed by atoms with Crippen molar-refractivity contribution in [3.05, 3.63) is 116 Å². The lowest BCUT2D eigenvalue weighted by molar-refractivity contribution is -0.138. The molecule has 0 saturated heterocycles. The molecule has 0 amide bonds. The van der Waals surface area contributed by atoms with Crippen molar-refractivity contribution in [3.8, 4) is 23.0 Å². The Balaban J connectivity index is 0.00000736. The average molecular weight is 632 g/mol. The van der Waals surface area contributed by atoms with E-state index in [1.807, 2.05) is 0 Å². The van der Waals surface area contributed by atoms with Crippen LogP contribution in [0.1, 0.15) is 52.0 Å². The number of unbranched alkanes of at least 4 members (excludes halogenated alkanes) is 2. The van der Waals surface area contributed by atoms with E-state index in [9.17, 15) is 19.2 Å². The summed E-state index contributed by atoms with van der Waals surface area (Å²) < 4.78 is 32.2. The molecule has 10 heteroatoms. The second-order valence-corrected chi connectivity index (χ2v) is 9.61. The van der Waals surface area contributed by atoms with Crippen molar-refractivity contribution < 1.29 is 47.6 Å². The van der Waals surface area contributed by atoms with E-state index >= 15 is 0 Å². The SMILES string of the molecule is C=CC(=O)OCCCCOc1ccc(C(=O)Oc2ccc(OC(=O)c3ccc(OCCCCOC(=O)C=C)cc3)c(C)c2)cc1.[CH3-]. The van der Waals surface area contributed by atoms with Crippen molar-refractivity contribution >= 4 is 23.9 Å². The molecule has 0 bridgehead atoms. The van der Waals surface area contributed by atoms with Crippen molar-refractivity contribution in [2.45, 2.75) is 32.6 Å². The molecule has 0 aliphatic carbocycles. The minimum atomic E-state index is -0.548. The normalized spacial score (nSPS) is 10.0. The fourth-order valence-corrected chi connectivity index (χ4v) is 3.75. The number of rotatable bonds is 18. The quantitative estimate of drug-likeness (QED) is 0.0495. The van der Waals surface area contributed by atoms with E-state index in [2.05, 4.69) is 13.2 Å². The fourth-order valence-electron chi connectivity index (χ4n) is 3.75. The van der Waals surface area contributed by atoms with Crippen LogP contribution in [-0.4, -0.2) is 50.3 Å². The number of carbonyl (C=O) groups excluding carboxylic acids is 4. The summed E-state index contributed by atoms with van der Waals surface area (Å²) in [6.07, 6.45) is 4.95. The van der Waals surface area contributed by atoms with E-state index in [0.29, 0.717) is 91.8 Å². The van der Waals surface area contributed by atoms with Gasteiger partial charge in [0.1, 0.15) is 23.0 Å². The van der Waals surface area contributed by atoms with Crippen LogP contribution in [0, 0.1) is 14.4 Å². The van der Waals surface area contributed by atoms with Crippen molar-refractivity contribution in [3.63, 3.8) is 0 Å². The highest BCUT2D eigenvalue weighted by atomic mass is 16.5. The summed E-state index contributed by atoms with van der Waals surface area (Å²) in [5, 5.41) is 0. The van der Waals surface area contributed by atoms with E-state index in [1.165, 1.54) is 0 Å². The van der Waals surface area contributed by atoms with Gasteiger partial charge in [-0.2, -0.15) is 0 Å². The first-order valence-corrected chi connectivity index (χ1v) is 14.4. The third-order valence-corrected chi connectivity index (χ3v) is 6.18. The number of benzene rings is 3. The third-order valence-electron chi connectivity index (χ3n) is 6.18. The molecule has 3 rings (SSSR count). The van der Waals surface area contributed by atoms with Gasteiger partial charge >= 0.3 is 23.9 Å². The molecule has 0 aliphatic rings. The summed E-state index contributed by atoms with van der Waals surface area (Å²) in [4.78, 5) is 47.4. The maximum Gasteiger partial charge on any atom is 0.343 e. The van der Waals surface area contributed by atoms with Crippen LogP contribution in [0.5, 0.6) is 23.0 Å². The largest absolute Gasteiger partial charge is 0.494 e. The molecule has 0 spiro atoms. The predicted molar refractivity (Wildman–Crippen MR) is 172 cm³/mol. The Morgan fingerprint density at radius 1 is 0.587 bits per heavy atom. The van der Waals surface area contributed by atoms with Crippen molar-refractivity contribution in [1.29, 1.82) is 0 Å². The fraction of sp³-hybridized carbons (Fsp3) is 0.250. The predicted octanol–water partition coefficient (Wildman–Crippen LogP) is 6.66. The molecule has 0 heterocycles. The van der Waals surface area contributed by atoms with Gasteiger partial charge < -0.3 is 35.8 Å². The second kappa shape index (κ2) is 19.8. The Morgan fingerprint density at radius 3 is 1.43 bits per heavy atom. The molecular formula is C36H39O10-. The highest BCUT2D eigenvalue weighted by Gasteiger charge is 2.14. The summed E-state index contributed by atoms with van der Waals surface area (Å²) in [5.74, 6) is -0.166. The van der Waals surface area contributed by atoms with E-state index in [1.54, 1.807) is 73.7 Å². The molecule has 0 atom stereocenters. The zero-order valence-corrected chi connectivity index (χ0v) is 26.2. The van der Waals surface area contributed by atoms with Crippen molar-refractivity contribution in [2.75, 3.05) is 26.4 Å². The first kappa shape index (κ1) is 36.8. The van der Waals surface area contributed by atoms with E-state index in [4.69, 9.17) is 28.4 Å². The van der Waals surface area contributed by atoms with Gasteiger partial charge in [-0.25, -0.2) is 19.2 Å². The summed E-state index contributed by atoms with van der Waals surface area (Å²) in [7, 11) is 0. The van der Waals surface area contributed by atoms with Gasteiger partial charge in [0.05, 0.1) is 37.6 Å². The molecule has 10 nitrogen and oxygen atoms in total. The average Bonchev–Trinajstić information content (AvgIpc) is 3.05. The lowest BCUT2D eigenvalue weighted by Gasteiger charge is -2.11. The van der Waals surface area contributed by atoms with Gasteiger partial charge in [-0.1, -0.05) is 13.2 Å². The molecule has 0 aliphatic heterocycles. The molecule has 244 valence electrons. The Bertz CT molecular complexity index is 1460. The number of ether oxygens (including phenoxy) is 6. The first-order chi connectivity index (χ1) is 21.8. The molecule has 3 aromatic carbocycles. The van der Waals surface area contributed by atoms with Gasteiger partial charge in [-0.3, -0.25) is 0 Å². The first-order valence-electron chi connectivity index (χ1n) is 14.4. The van der Waals surface area contributed by atoms with Gasteiger partial charge in [-0.05, 0) is 105 Å². The van der Waals surface area contributed by atoms with Crippen LogP contribution in [0.25, 0.3) is 0 Å². The van der Waals surface area contributed by atoms with E-state index in [-0.39, 0.29) is 7.43 Å². The third kappa shape index (κ3) is 12.7. The van der Waals surface area contributed by atoms with E-state index in [0.717, 1.165) is 12.2 Å². The zero-order valence-electron chi connectivity index (χ0n) is 26.2. The minimum absolute atomic E-state index is 0. The van der Waals surface area contributed by atoms with Crippen molar-refractivity contribution in [2.24, 2.45) is 0 Å². The van der Waals surface area contributed by atoms with Gasteiger partial charge in [0, 0.05) is 12.2 Å². The molecule has 0 fully saturated rings. The number of hydrogen-bond donors (Lipinski definition) is 0. The zero-order chi connectivity index (χ0) is 32.4. The lowest BCUT2D eigenvalue weighted by atomic mass is 10.2. The summed E-state index contributed by atoms with van der Waals surface area (Å²) in [6.45, 7) is 9.89. The van der Waals surface area contributed by atoms with Gasteiger partial charge in [0.2, 0.25) is 0 Å².